The summed E-state index contributed by atoms with van der Waals surface area (Å²) in [6.07, 6.45) is 0.292. The van der Waals surface area contributed by atoms with Crippen molar-refractivity contribution in [2.75, 3.05) is 7.05 Å². The summed E-state index contributed by atoms with van der Waals surface area (Å²) in [5.74, 6) is -0.176. The fraction of sp³-hybridized carbons (Fsp3) is 0.308. The number of carbonyl (C=O) groups is 1. The van der Waals surface area contributed by atoms with Crippen LogP contribution < -0.4 is 0 Å². The molecule has 0 radical (unpaired) electrons. The molecule has 0 saturated carbocycles. The van der Waals surface area contributed by atoms with Crippen LogP contribution in [0.3, 0.4) is 0 Å². The molecule has 4 nitrogen and oxygen atoms in total. The van der Waals surface area contributed by atoms with Crippen LogP contribution in [0, 0.1) is 22.7 Å². The van der Waals surface area contributed by atoms with Crippen LogP contribution in [0.15, 0.2) is 24.3 Å². The van der Waals surface area contributed by atoms with Crippen LogP contribution >= 0.6 is 0 Å². The molecule has 1 amide bonds. The van der Waals surface area contributed by atoms with Crippen molar-refractivity contribution in [3.63, 3.8) is 0 Å². The van der Waals surface area contributed by atoms with E-state index < -0.39 is 0 Å². The van der Waals surface area contributed by atoms with Gasteiger partial charge in [-0.3, -0.25) is 4.79 Å². The van der Waals surface area contributed by atoms with Crippen molar-refractivity contribution >= 4 is 5.91 Å². The van der Waals surface area contributed by atoms with Crippen LogP contribution in [0.2, 0.25) is 0 Å². The molecule has 0 heterocycles. The van der Waals surface area contributed by atoms with E-state index in [1.54, 1.807) is 31.3 Å². The van der Waals surface area contributed by atoms with E-state index in [2.05, 4.69) is 0 Å². The minimum Gasteiger partial charge on any atom is -0.338 e. The molecule has 0 aliphatic carbocycles. The van der Waals surface area contributed by atoms with Gasteiger partial charge in [-0.1, -0.05) is 6.07 Å². The lowest BCUT2D eigenvalue weighted by Gasteiger charge is -2.22. The zero-order valence-corrected chi connectivity index (χ0v) is 9.84. The molecule has 0 aliphatic rings. The molecular formula is C13H13N3O. The molecule has 0 fully saturated rings. The largest absolute Gasteiger partial charge is 0.338 e. The molecule has 0 spiro atoms. The van der Waals surface area contributed by atoms with Gasteiger partial charge in [0.1, 0.15) is 0 Å². The number of hydrogen-bond acceptors (Lipinski definition) is 3. The van der Waals surface area contributed by atoms with Gasteiger partial charge in [-0.25, -0.2) is 0 Å². The van der Waals surface area contributed by atoms with Crippen molar-refractivity contribution in [2.24, 2.45) is 0 Å². The second-order valence-electron chi connectivity index (χ2n) is 3.82. The van der Waals surface area contributed by atoms with Gasteiger partial charge >= 0.3 is 0 Å². The number of benzene rings is 1. The van der Waals surface area contributed by atoms with Crippen LogP contribution in [0.25, 0.3) is 0 Å². The average Bonchev–Trinajstić information content (AvgIpc) is 2.37. The molecule has 0 aromatic heterocycles. The molecule has 1 aromatic carbocycles. The van der Waals surface area contributed by atoms with Crippen molar-refractivity contribution < 1.29 is 4.79 Å². The van der Waals surface area contributed by atoms with Crippen molar-refractivity contribution in [1.29, 1.82) is 10.5 Å². The monoisotopic (exact) mass is 227 g/mol. The summed E-state index contributed by atoms with van der Waals surface area (Å²) in [5, 5.41) is 17.3. The fourth-order valence-electron chi connectivity index (χ4n) is 1.39. The van der Waals surface area contributed by atoms with Crippen LogP contribution in [0.1, 0.15) is 29.3 Å². The van der Waals surface area contributed by atoms with Gasteiger partial charge in [-0.05, 0) is 25.1 Å². The molecule has 1 atom stereocenters. The maximum atomic E-state index is 12.0. The quantitative estimate of drug-likeness (QED) is 0.792. The van der Waals surface area contributed by atoms with Crippen LogP contribution in [-0.2, 0) is 0 Å². The van der Waals surface area contributed by atoms with Gasteiger partial charge in [0.2, 0.25) is 0 Å². The summed E-state index contributed by atoms with van der Waals surface area (Å²) in [5.41, 5.74) is 0.925. The van der Waals surface area contributed by atoms with E-state index in [0.29, 0.717) is 17.5 Å². The maximum absolute atomic E-state index is 12.0. The van der Waals surface area contributed by atoms with Crippen molar-refractivity contribution in [3.8, 4) is 12.1 Å². The standard InChI is InChI=1S/C13H13N3O/c1-10(6-7-14)16(2)13(17)12-5-3-4-11(8-12)9-15/h3-5,8,10H,6H2,1-2H3. The molecule has 4 heteroatoms. The number of hydrogen-bond donors (Lipinski definition) is 0. The van der Waals surface area contributed by atoms with E-state index in [1.807, 2.05) is 19.1 Å². The molecule has 17 heavy (non-hydrogen) atoms. The van der Waals surface area contributed by atoms with Gasteiger partial charge in [0, 0.05) is 18.7 Å². The van der Waals surface area contributed by atoms with E-state index in [0.717, 1.165) is 0 Å². The topological polar surface area (TPSA) is 67.9 Å². The lowest BCUT2D eigenvalue weighted by atomic mass is 10.1. The van der Waals surface area contributed by atoms with Gasteiger partial charge < -0.3 is 4.90 Å². The van der Waals surface area contributed by atoms with Crippen molar-refractivity contribution in [3.05, 3.63) is 35.4 Å². The molecule has 86 valence electrons. The Morgan fingerprint density at radius 3 is 2.76 bits per heavy atom. The third kappa shape index (κ3) is 3.06. The number of nitriles is 2. The number of rotatable bonds is 3. The Morgan fingerprint density at radius 2 is 2.18 bits per heavy atom. The molecule has 1 aromatic rings. The van der Waals surface area contributed by atoms with E-state index in [4.69, 9.17) is 10.5 Å². The first kappa shape index (κ1) is 12.7. The molecule has 0 N–H and O–H groups in total. The first-order valence-electron chi connectivity index (χ1n) is 5.24. The van der Waals surface area contributed by atoms with Gasteiger partial charge in [0.05, 0.1) is 24.1 Å². The van der Waals surface area contributed by atoms with E-state index >= 15 is 0 Å². The maximum Gasteiger partial charge on any atom is 0.253 e. The minimum atomic E-state index is -0.176. The molecule has 0 saturated heterocycles. The second kappa shape index (κ2) is 5.67. The summed E-state index contributed by atoms with van der Waals surface area (Å²) in [6.45, 7) is 1.81. The smallest absolute Gasteiger partial charge is 0.253 e. The Balaban J connectivity index is 2.90. The number of amides is 1. The van der Waals surface area contributed by atoms with Gasteiger partial charge in [-0.2, -0.15) is 10.5 Å². The predicted octanol–water partition coefficient (Wildman–Crippen LogP) is 1.93. The summed E-state index contributed by atoms with van der Waals surface area (Å²) in [4.78, 5) is 13.5. The zero-order chi connectivity index (χ0) is 12.8. The lowest BCUT2D eigenvalue weighted by Crippen LogP contribution is -2.34. The first-order chi connectivity index (χ1) is 8.10. The lowest BCUT2D eigenvalue weighted by molar-refractivity contribution is 0.0746. The number of carbonyl (C=O) groups excluding carboxylic acids is 1. The summed E-state index contributed by atoms with van der Waals surface area (Å²) < 4.78 is 0. The average molecular weight is 227 g/mol. The van der Waals surface area contributed by atoms with E-state index in [1.165, 1.54) is 4.90 Å². The molecule has 1 unspecified atom stereocenters. The Labute approximate surface area is 101 Å². The normalized spacial score (nSPS) is 11.1. The van der Waals surface area contributed by atoms with Crippen molar-refractivity contribution in [2.45, 2.75) is 19.4 Å². The predicted molar refractivity (Wildman–Crippen MR) is 62.9 cm³/mol. The highest BCUT2D eigenvalue weighted by atomic mass is 16.2. The van der Waals surface area contributed by atoms with Gasteiger partial charge in [0.25, 0.3) is 5.91 Å². The van der Waals surface area contributed by atoms with Gasteiger partial charge in [-0.15, -0.1) is 0 Å². The van der Waals surface area contributed by atoms with Gasteiger partial charge in [0.15, 0.2) is 0 Å². The fourth-order valence-corrected chi connectivity index (χ4v) is 1.39. The van der Waals surface area contributed by atoms with Crippen molar-refractivity contribution in [1.82, 2.24) is 4.90 Å². The molecule has 0 aliphatic heterocycles. The summed E-state index contributed by atoms with van der Waals surface area (Å²) >= 11 is 0. The third-order valence-electron chi connectivity index (χ3n) is 2.61. The Kier molecular flexibility index (Phi) is 4.25. The Bertz CT molecular complexity index is 496. The summed E-state index contributed by atoms with van der Waals surface area (Å²) in [6, 6.07) is 10.4. The Morgan fingerprint density at radius 1 is 1.47 bits per heavy atom. The van der Waals surface area contributed by atoms with Crippen LogP contribution in [0.5, 0.6) is 0 Å². The molecular weight excluding hydrogens is 214 g/mol. The van der Waals surface area contributed by atoms with Crippen LogP contribution in [-0.4, -0.2) is 23.9 Å². The summed E-state index contributed by atoms with van der Waals surface area (Å²) in [7, 11) is 1.66. The first-order valence-corrected chi connectivity index (χ1v) is 5.24. The Hall–Kier alpha value is -2.33. The SMILES string of the molecule is CC(CC#N)N(C)C(=O)c1cccc(C#N)c1. The minimum absolute atomic E-state index is 0.141. The highest BCUT2D eigenvalue weighted by Crippen LogP contribution is 2.10. The molecule has 1 rings (SSSR count). The number of nitrogens with zero attached hydrogens (tertiary/aromatic N) is 3. The van der Waals surface area contributed by atoms with E-state index in [-0.39, 0.29) is 11.9 Å². The highest BCUT2D eigenvalue weighted by molar-refractivity contribution is 5.94. The zero-order valence-electron chi connectivity index (χ0n) is 9.84. The second-order valence-corrected chi connectivity index (χ2v) is 3.82. The highest BCUT2D eigenvalue weighted by Gasteiger charge is 2.17. The van der Waals surface area contributed by atoms with Crippen LogP contribution in [0.4, 0.5) is 0 Å². The van der Waals surface area contributed by atoms with E-state index in [9.17, 15) is 4.79 Å². The third-order valence-corrected chi connectivity index (χ3v) is 2.61. The molecule has 0 bridgehead atoms.